The van der Waals surface area contributed by atoms with Gasteiger partial charge in [0.1, 0.15) is 24.4 Å². The fraction of sp³-hybridized carbons (Fsp3) is 0.800. The standard InChI is InChI=1S/4C20H36O4/c4*1-3-5-7-8-9-10-11-17-20(23)24-18(14-6-4-2)15-12-13-16-19(21)22/h4*8-9,18H,3-7,10-17H2,1-2H3,(H,21,22)/b4*9-8+. The highest BCUT2D eigenvalue weighted by Gasteiger charge is 2.18. The zero-order valence-electron chi connectivity index (χ0n) is 62.4. The molecule has 0 radical (unpaired) electrons. The monoisotopic (exact) mass is 1360 g/mol. The Morgan fingerprint density at radius 1 is 0.219 bits per heavy atom. The maximum absolute atomic E-state index is 12.0. The molecule has 4 unspecified atom stereocenters. The number of allylic oxidation sites excluding steroid dienone is 8. The van der Waals surface area contributed by atoms with Crippen molar-refractivity contribution in [2.45, 2.75) is 414 Å². The maximum atomic E-state index is 12.0. The molecule has 0 saturated heterocycles. The van der Waals surface area contributed by atoms with E-state index >= 15 is 0 Å². The van der Waals surface area contributed by atoms with Gasteiger partial charge in [-0.15, -0.1) is 0 Å². The first kappa shape index (κ1) is 97.1. The molecule has 0 rings (SSSR count). The number of carboxylic acid groups (broad SMARTS) is 4. The number of aliphatic carboxylic acids is 4. The minimum Gasteiger partial charge on any atom is -0.481 e. The van der Waals surface area contributed by atoms with E-state index in [1.807, 2.05) is 0 Å². The Labute approximate surface area is 585 Å². The molecule has 0 aliphatic heterocycles. The summed E-state index contributed by atoms with van der Waals surface area (Å²) >= 11 is 0. The summed E-state index contributed by atoms with van der Waals surface area (Å²) in [5, 5.41) is 34.7. The van der Waals surface area contributed by atoms with Crippen LogP contribution in [0.15, 0.2) is 48.6 Å². The zero-order chi connectivity index (χ0) is 72.2. The Bertz CT molecular complexity index is 1670. The molecule has 0 amide bonds. The third-order valence-electron chi connectivity index (χ3n) is 15.9. The van der Waals surface area contributed by atoms with E-state index < -0.39 is 23.9 Å². The Kier molecular flexibility index (Phi) is 79.6. The number of ether oxygens (including phenoxy) is 4. The lowest BCUT2D eigenvalue weighted by atomic mass is 10.0. The van der Waals surface area contributed by atoms with Crippen molar-refractivity contribution < 1.29 is 77.7 Å². The molecule has 0 aromatic carbocycles. The van der Waals surface area contributed by atoms with E-state index in [1.54, 1.807) is 0 Å². The van der Waals surface area contributed by atoms with Crippen molar-refractivity contribution in [2.24, 2.45) is 0 Å². The van der Waals surface area contributed by atoms with Crippen molar-refractivity contribution in [1.82, 2.24) is 0 Å². The zero-order valence-corrected chi connectivity index (χ0v) is 62.4. The van der Waals surface area contributed by atoms with Gasteiger partial charge in [-0.3, -0.25) is 38.4 Å². The van der Waals surface area contributed by atoms with Crippen LogP contribution in [0.25, 0.3) is 0 Å². The van der Waals surface area contributed by atoms with Crippen LogP contribution >= 0.6 is 0 Å². The number of hydrogen-bond donors (Lipinski definition) is 4. The minimum atomic E-state index is -0.760. The van der Waals surface area contributed by atoms with Gasteiger partial charge in [0.25, 0.3) is 0 Å². The van der Waals surface area contributed by atoms with Crippen LogP contribution in [-0.4, -0.2) is 92.6 Å². The molecule has 0 fully saturated rings. The molecule has 0 aromatic rings. The number of esters is 4. The summed E-state index contributed by atoms with van der Waals surface area (Å²) in [6, 6.07) is 0. The largest absolute Gasteiger partial charge is 0.481 e. The van der Waals surface area contributed by atoms with Crippen LogP contribution in [0.2, 0.25) is 0 Å². The first-order valence-corrected chi connectivity index (χ1v) is 38.6. The summed E-state index contributed by atoms with van der Waals surface area (Å²) in [4.78, 5) is 89.9. The predicted molar refractivity (Wildman–Crippen MR) is 392 cm³/mol. The highest BCUT2D eigenvalue weighted by atomic mass is 16.6. The summed E-state index contributed by atoms with van der Waals surface area (Å²) in [5.41, 5.74) is 0. The van der Waals surface area contributed by atoms with E-state index in [0.29, 0.717) is 51.4 Å². The van der Waals surface area contributed by atoms with Crippen molar-refractivity contribution in [3.63, 3.8) is 0 Å². The fourth-order valence-corrected chi connectivity index (χ4v) is 10.0. The normalized spacial score (nSPS) is 12.4. The number of hydrogen-bond acceptors (Lipinski definition) is 12. The molecule has 4 atom stereocenters. The first-order valence-electron chi connectivity index (χ1n) is 38.6. The third-order valence-corrected chi connectivity index (χ3v) is 15.9. The first-order chi connectivity index (χ1) is 46.4. The van der Waals surface area contributed by atoms with Gasteiger partial charge in [-0.25, -0.2) is 0 Å². The second-order valence-corrected chi connectivity index (χ2v) is 25.6. The fourth-order valence-electron chi connectivity index (χ4n) is 10.0. The van der Waals surface area contributed by atoms with Gasteiger partial charge in [-0.05, 0) is 180 Å². The molecule has 0 aliphatic rings. The molecular formula is C80H144O16. The third kappa shape index (κ3) is 82.9. The quantitative estimate of drug-likeness (QED) is 0.0191. The summed E-state index contributed by atoms with van der Waals surface area (Å²) in [5.74, 6) is -3.50. The van der Waals surface area contributed by atoms with Gasteiger partial charge in [-0.2, -0.15) is 0 Å². The number of rotatable bonds is 64. The van der Waals surface area contributed by atoms with E-state index in [4.69, 9.17) is 39.4 Å². The highest BCUT2D eigenvalue weighted by molar-refractivity contribution is 5.71. The van der Waals surface area contributed by atoms with Crippen LogP contribution in [0.1, 0.15) is 389 Å². The summed E-state index contributed by atoms with van der Waals surface area (Å²) in [6.45, 7) is 17.2. The molecular weight excluding hydrogens is 1220 g/mol. The van der Waals surface area contributed by atoms with E-state index in [0.717, 1.165) is 205 Å². The van der Waals surface area contributed by atoms with Gasteiger partial charge in [-0.1, -0.05) is 207 Å². The lowest BCUT2D eigenvalue weighted by Gasteiger charge is -2.17. The van der Waals surface area contributed by atoms with Gasteiger partial charge in [0.2, 0.25) is 0 Å². The van der Waals surface area contributed by atoms with Crippen molar-refractivity contribution in [3.05, 3.63) is 48.6 Å². The predicted octanol–water partition coefficient (Wildman–Crippen LogP) is 22.6. The van der Waals surface area contributed by atoms with Gasteiger partial charge in [0, 0.05) is 51.4 Å². The summed E-state index contributed by atoms with van der Waals surface area (Å²) < 4.78 is 22.4. The average Bonchev–Trinajstić information content (AvgIpc) is 2.35. The van der Waals surface area contributed by atoms with Crippen LogP contribution in [0.3, 0.4) is 0 Å². The lowest BCUT2D eigenvalue weighted by Crippen LogP contribution is -2.18. The van der Waals surface area contributed by atoms with E-state index in [2.05, 4.69) is 104 Å². The van der Waals surface area contributed by atoms with Crippen LogP contribution in [0.5, 0.6) is 0 Å². The molecule has 4 N–H and O–H groups in total. The summed E-state index contributed by atoms with van der Waals surface area (Å²) in [6.07, 6.45) is 62.0. The number of carboxylic acids is 4. The topological polar surface area (TPSA) is 254 Å². The molecule has 96 heavy (non-hydrogen) atoms. The minimum absolute atomic E-state index is 0.0497. The molecule has 0 aliphatic carbocycles. The Morgan fingerprint density at radius 3 is 0.531 bits per heavy atom. The molecule has 0 saturated carbocycles. The van der Waals surface area contributed by atoms with Gasteiger partial charge >= 0.3 is 47.8 Å². The molecule has 0 heterocycles. The lowest BCUT2D eigenvalue weighted by molar-refractivity contribution is -0.151. The van der Waals surface area contributed by atoms with Crippen molar-refractivity contribution in [2.75, 3.05) is 0 Å². The van der Waals surface area contributed by atoms with Crippen LogP contribution in [-0.2, 0) is 57.3 Å². The molecule has 0 aromatic heterocycles. The van der Waals surface area contributed by atoms with E-state index in [9.17, 15) is 38.4 Å². The molecule has 560 valence electrons. The second-order valence-electron chi connectivity index (χ2n) is 25.6. The van der Waals surface area contributed by atoms with Gasteiger partial charge in [0.15, 0.2) is 0 Å². The Hall–Kier alpha value is -5.28. The molecule has 0 spiro atoms. The Balaban J connectivity index is -0.000000588. The Morgan fingerprint density at radius 2 is 0.375 bits per heavy atom. The van der Waals surface area contributed by atoms with Crippen molar-refractivity contribution >= 4 is 47.8 Å². The van der Waals surface area contributed by atoms with E-state index in [1.165, 1.54) is 51.4 Å². The van der Waals surface area contributed by atoms with Gasteiger partial charge in [0.05, 0.1) is 0 Å². The maximum Gasteiger partial charge on any atom is 0.306 e. The van der Waals surface area contributed by atoms with Crippen LogP contribution in [0.4, 0.5) is 0 Å². The van der Waals surface area contributed by atoms with Crippen LogP contribution < -0.4 is 0 Å². The van der Waals surface area contributed by atoms with Crippen LogP contribution in [0, 0.1) is 0 Å². The second kappa shape index (κ2) is 78.7. The smallest absolute Gasteiger partial charge is 0.306 e. The summed E-state index contributed by atoms with van der Waals surface area (Å²) in [7, 11) is 0. The number of carbonyl (C=O) groups excluding carboxylic acids is 4. The van der Waals surface area contributed by atoms with E-state index in [-0.39, 0.29) is 74.0 Å². The number of unbranched alkanes of at least 4 members (excludes halogenated alkanes) is 20. The molecule has 16 heteroatoms. The molecule has 16 nitrogen and oxygen atoms in total. The van der Waals surface area contributed by atoms with Gasteiger partial charge < -0.3 is 39.4 Å². The van der Waals surface area contributed by atoms with Crippen molar-refractivity contribution in [1.29, 1.82) is 0 Å². The average molecular weight is 1360 g/mol. The number of carbonyl (C=O) groups is 8. The SMILES string of the molecule is CCCC/C=C/CCCC(=O)OC(CCCC)CCCCC(=O)O.CCCC/C=C/CCCC(=O)OC(CCCC)CCCCC(=O)O.CCCC/C=C/CCCC(=O)OC(CCCC)CCCCC(=O)O.CCCC/C=C/CCCC(=O)OC(CCCC)CCCCC(=O)O. The van der Waals surface area contributed by atoms with Crippen molar-refractivity contribution in [3.8, 4) is 0 Å². The molecule has 0 bridgehead atoms. The highest BCUT2D eigenvalue weighted by Crippen LogP contribution is 2.20.